The molecule has 0 aliphatic heterocycles. The number of halogens is 1. The minimum Gasteiger partial charge on any atom is -0.342 e. The van der Waals surface area contributed by atoms with Gasteiger partial charge in [-0.05, 0) is 48.7 Å². The predicted octanol–water partition coefficient (Wildman–Crippen LogP) is 5.56. The van der Waals surface area contributed by atoms with Crippen LogP contribution in [0.25, 0.3) is 10.9 Å². The average Bonchev–Trinajstić information content (AvgIpc) is 3.21. The molecule has 1 aromatic heterocycles. The van der Waals surface area contributed by atoms with Crippen molar-refractivity contribution in [3.63, 3.8) is 0 Å². The molecule has 184 valence electrons. The van der Waals surface area contributed by atoms with Crippen LogP contribution in [0, 0.1) is 12.8 Å². The van der Waals surface area contributed by atoms with Gasteiger partial charge in [-0.3, -0.25) is 9.59 Å². The molecular weight excluding hydrogens is 472 g/mol. The summed E-state index contributed by atoms with van der Waals surface area (Å²) in [6.07, 6.45) is 3.67. The van der Waals surface area contributed by atoms with Gasteiger partial charge in [0.05, 0.1) is 6.21 Å². The second-order valence-corrected chi connectivity index (χ2v) is 9.59. The largest absolute Gasteiger partial charge is 0.342 e. The zero-order valence-electron chi connectivity index (χ0n) is 20.5. The van der Waals surface area contributed by atoms with Gasteiger partial charge >= 0.3 is 0 Å². The Morgan fingerprint density at radius 2 is 1.69 bits per heavy atom. The molecule has 4 rings (SSSR count). The number of amides is 2. The number of aromatic nitrogens is 1. The normalized spacial score (nSPS) is 12.2. The molecular formula is C29H29ClN4O2. The van der Waals surface area contributed by atoms with Crippen LogP contribution in [-0.4, -0.2) is 28.6 Å². The Morgan fingerprint density at radius 1 is 1.00 bits per heavy atom. The molecule has 0 saturated heterocycles. The lowest BCUT2D eigenvalue weighted by Crippen LogP contribution is -2.48. The molecule has 0 radical (unpaired) electrons. The van der Waals surface area contributed by atoms with E-state index < -0.39 is 6.04 Å². The van der Waals surface area contributed by atoms with Gasteiger partial charge in [-0.2, -0.15) is 5.10 Å². The van der Waals surface area contributed by atoms with Crippen molar-refractivity contribution >= 4 is 40.5 Å². The van der Waals surface area contributed by atoms with Crippen LogP contribution in [0.5, 0.6) is 0 Å². The number of carbonyl (C=O) groups is 2. The molecule has 4 aromatic rings. The lowest BCUT2D eigenvalue weighted by Gasteiger charge is -2.20. The topological polar surface area (TPSA) is 75.5 Å². The summed E-state index contributed by atoms with van der Waals surface area (Å²) in [4.78, 5) is 25.5. The molecule has 36 heavy (non-hydrogen) atoms. The summed E-state index contributed by atoms with van der Waals surface area (Å²) in [6, 6.07) is 22.3. The zero-order chi connectivity index (χ0) is 25.7. The molecule has 2 amide bonds. The smallest absolute Gasteiger partial charge is 0.262 e. The highest BCUT2D eigenvalue weighted by molar-refractivity contribution is 6.30. The van der Waals surface area contributed by atoms with Crippen molar-refractivity contribution in [1.29, 1.82) is 0 Å². The second-order valence-electron chi connectivity index (χ2n) is 9.15. The van der Waals surface area contributed by atoms with Crippen molar-refractivity contribution < 1.29 is 9.59 Å². The average molecular weight is 501 g/mol. The van der Waals surface area contributed by atoms with Gasteiger partial charge in [0.15, 0.2) is 0 Å². The van der Waals surface area contributed by atoms with E-state index in [9.17, 15) is 9.59 Å². The second kappa shape index (κ2) is 11.2. The van der Waals surface area contributed by atoms with Crippen molar-refractivity contribution in [3.05, 3.63) is 106 Å². The summed E-state index contributed by atoms with van der Waals surface area (Å²) in [5.41, 5.74) is 7.43. The maximum atomic E-state index is 12.9. The minimum absolute atomic E-state index is 0.132. The first-order valence-corrected chi connectivity index (χ1v) is 12.2. The Bertz CT molecular complexity index is 1390. The van der Waals surface area contributed by atoms with Gasteiger partial charge < -0.3 is 9.88 Å². The molecule has 1 heterocycles. The van der Waals surface area contributed by atoms with Crippen molar-refractivity contribution in [2.75, 3.05) is 0 Å². The van der Waals surface area contributed by atoms with Gasteiger partial charge in [-0.1, -0.05) is 73.5 Å². The van der Waals surface area contributed by atoms with E-state index in [1.54, 1.807) is 30.5 Å². The summed E-state index contributed by atoms with van der Waals surface area (Å²) in [5.74, 6) is -0.858. The number of hydrogen-bond donors (Lipinski definition) is 2. The maximum absolute atomic E-state index is 12.9. The van der Waals surface area contributed by atoms with Crippen LogP contribution in [0.1, 0.15) is 40.9 Å². The number of hydrogen-bond acceptors (Lipinski definition) is 3. The Labute approximate surface area is 216 Å². The van der Waals surface area contributed by atoms with Crippen molar-refractivity contribution in [1.82, 2.24) is 15.3 Å². The monoisotopic (exact) mass is 500 g/mol. The van der Waals surface area contributed by atoms with Crippen LogP contribution in [0.2, 0.25) is 5.02 Å². The van der Waals surface area contributed by atoms with Crippen molar-refractivity contribution in [3.8, 4) is 0 Å². The maximum Gasteiger partial charge on any atom is 0.262 e. The Hall–Kier alpha value is -3.90. The minimum atomic E-state index is -0.742. The Balaban J connectivity index is 1.47. The number of benzene rings is 3. The molecule has 7 heteroatoms. The summed E-state index contributed by atoms with van der Waals surface area (Å²) in [7, 11) is 0. The number of nitrogens with one attached hydrogen (secondary N) is 2. The zero-order valence-corrected chi connectivity index (χ0v) is 21.3. The fraction of sp³-hybridized carbons (Fsp3) is 0.207. The van der Waals surface area contributed by atoms with Gasteiger partial charge in [-0.15, -0.1) is 0 Å². The summed E-state index contributed by atoms with van der Waals surface area (Å²) < 4.78 is 2.17. The number of fused-ring (bicyclic) bond motifs is 1. The first kappa shape index (κ1) is 25.2. The first-order chi connectivity index (χ1) is 17.3. The van der Waals surface area contributed by atoms with Gasteiger partial charge in [0, 0.05) is 39.8 Å². The number of carbonyl (C=O) groups excluding carboxylic acids is 2. The molecule has 0 aliphatic carbocycles. The van der Waals surface area contributed by atoms with Crippen molar-refractivity contribution in [2.24, 2.45) is 11.0 Å². The lowest BCUT2D eigenvalue weighted by atomic mass is 10.0. The highest BCUT2D eigenvalue weighted by Crippen LogP contribution is 2.21. The lowest BCUT2D eigenvalue weighted by molar-refractivity contribution is -0.123. The van der Waals surface area contributed by atoms with Gasteiger partial charge in [0.2, 0.25) is 0 Å². The summed E-state index contributed by atoms with van der Waals surface area (Å²) in [5, 5.41) is 8.59. The van der Waals surface area contributed by atoms with E-state index in [4.69, 9.17) is 11.6 Å². The van der Waals surface area contributed by atoms with Crippen LogP contribution < -0.4 is 10.7 Å². The SMILES string of the molecule is Cc1ccc(Cn2cc(/C=N\NC(=O)C(NC(=O)c3ccc(Cl)cc3)C(C)C)c3ccccc32)cc1. The standard InChI is InChI=1S/C29H29ClN4O2/c1-19(2)27(32-28(35)22-12-14-24(30)15-13-22)29(36)33-31-16-23-18-34(26-7-5-4-6-25(23)26)17-21-10-8-20(3)9-11-21/h4-16,18-19,27H,17H2,1-3H3,(H,32,35)(H,33,36)/b31-16-. The van der Waals surface area contributed by atoms with Crippen LogP contribution in [-0.2, 0) is 11.3 Å². The van der Waals surface area contributed by atoms with Crippen molar-refractivity contribution in [2.45, 2.75) is 33.4 Å². The van der Waals surface area contributed by atoms with E-state index in [-0.39, 0.29) is 17.7 Å². The first-order valence-electron chi connectivity index (χ1n) is 11.8. The molecule has 0 spiro atoms. The van der Waals surface area contributed by atoms with Crippen LogP contribution in [0.3, 0.4) is 0 Å². The summed E-state index contributed by atoms with van der Waals surface area (Å²) >= 11 is 5.90. The Morgan fingerprint density at radius 3 is 2.39 bits per heavy atom. The van der Waals surface area contributed by atoms with Gasteiger partial charge in [0.25, 0.3) is 11.8 Å². The molecule has 2 N–H and O–H groups in total. The fourth-order valence-electron chi connectivity index (χ4n) is 3.99. The number of nitrogens with zero attached hydrogens (tertiary/aromatic N) is 2. The molecule has 1 unspecified atom stereocenters. The van der Waals surface area contributed by atoms with Gasteiger partial charge in [-0.25, -0.2) is 5.43 Å². The quantitative estimate of drug-likeness (QED) is 0.245. The molecule has 0 fully saturated rings. The van der Waals surface area contributed by atoms with Crippen LogP contribution >= 0.6 is 11.6 Å². The molecule has 3 aromatic carbocycles. The molecule has 0 saturated carbocycles. The third-order valence-corrected chi connectivity index (χ3v) is 6.27. The van der Waals surface area contributed by atoms with E-state index in [2.05, 4.69) is 57.7 Å². The molecule has 0 aliphatic rings. The number of aryl methyl sites for hydroxylation is 1. The predicted molar refractivity (Wildman–Crippen MR) is 145 cm³/mol. The molecule has 6 nitrogen and oxygen atoms in total. The molecule has 1 atom stereocenters. The molecule has 0 bridgehead atoms. The Kier molecular flexibility index (Phi) is 7.86. The van der Waals surface area contributed by atoms with Crippen LogP contribution in [0.15, 0.2) is 84.1 Å². The van der Waals surface area contributed by atoms with Crippen LogP contribution in [0.4, 0.5) is 0 Å². The van der Waals surface area contributed by atoms with Gasteiger partial charge in [0.1, 0.15) is 6.04 Å². The number of hydrazone groups is 1. The van der Waals surface area contributed by atoms with E-state index in [1.807, 2.05) is 38.2 Å². The third kappa shape index (κ3) is 6.01. The third-order valence-electron chi connectivity index (χ3n) is 6.01. The van der Waals surface area contributed by atoms with E-state index in [0.717, 1.165) is 23.0 Å². The number of rotatable bonds is 8. The van der Waals surface area contributed by atoms with E-state index in [0.29, 0.717) is 10.6 Å². The number of para-hydroxylation sites is 1. The van der Waals surface area contributed by atoms with E-state index >= 15 is 0 Å². The van der Waals surface area contributed by atoms with E-state index in [1.165, 1.54) is 11.1 Å². The highest BCUT2D eigenvalue weighted by atomic mass is 35.5. The summed E-state index contributed by atoms with van der Waals surface area (Å²) in [6.45, 7) is 6.54. The fourth-order valence-corrected chi connectivity index (χ4v) is 4.12. The highest BCUT2D eigenvalue weighted by Gasteiger charge is 2.24.